The maximum absolute atomic E-state index is 13.1. The summed E-state index contributed by atoms with van der Waals surface area (Å²) in [7, 11) is 0. The fourth-order valence-electron chi connectivity index (χ4n) is 3.70. The van der Waals surface area contributed by atoms with E-state index in [0.29, 0.717) is 15.8 Å². The van der Waals surface area contributed by atoms with Gasteiger partial charge in [-0.15, -0.1) is 0 Å². The van der Waals surface area contributed by atoms with Gasteiger partial charge in [0.05, 0.1) is 10.6 Å². The summed E-state index contributed by atoms with van der Waals surface area (Å²) in [5.74, 6) is 0.966. The number of nitrogens with zero attached hydrogens (tertiary/aromatic N) is 2. The lowest BCUT2D eigenvalue weighted by atomic mass is 9.93. The zero-order chi connectivity index (χ0) is 17.9. The molecule has 0 fully saturated rings. The van der Waals surface area contributed by atoms with Crippen molar-refractivity contribution in [3.8, 4) is 11.5 Å². The summed E-state index contributed by atoms with van der Waals surface area (Å²) < 4.78 is 8.49. The van der Waals surface area contributed by atoms with E-state index in [1.807, 2.05) is 37.3 Å². The number of phenols is 1. The second-order valence-electron chi connectivity index (χ2n) is 6.81. The van der Waals surface area contributed by atoms with Crippen molar-refractivity contribution in [3.05, 3.63) is 79.3 Å². The molecule has 2 aromatic carbocycles. The molecule has 0 saturated heterocycles. The third-order valence-electron chi connectivity index (χ3n) is 4.83. The summed E-state index contributed by atoms with van der Waals surface area (Å²) in [5.41, 5.74) is 1.09. The molecule has 0 saturated carbocycles. The first-order chi connectivity index (χ1) is 12.5. The van der Waals surface area contributed by atoms with Crippen molar-refractivity contribution in [1.29, 1.82) is 0 Å². The molecule has 5 nitrogen and oxygen atoms in total. The van der Waals surface area contributed by atoms with E-state index in [1.54, 1.807) is 28.8 Å². The Morgan fingerprint density at radius 1 is 1.31 bits per heavy atom. The summed E-state index contributed by atoms with van der Waals surface area (Å²) in [6, 6.07) is 14.6. The monoisotopic (exact) mass is 364 g/mol. The summed E-state index contributed by atoms with van der Waals surface area (Å²) in [5, 5.41) is 9.65. The summed E-state index contributed by atoms with van der Waals surface area (Å²) in [4.78, 5) is 18.5. The predicted octanol–water partition coefficient (Wildman–Crippen LogP) is 2.17. The van der Waals surface area contributed by atoms with Crippen LogP contribution in [0.2, 0.25) is 0 Å². The Labute approximate surface area is 153 Å². The van der Waals surface area contributed by atoms with Crippen LogP contribution in [0.4, 0.5) is 0 Å². The average Bonchev–Trinajstić information content (AvgIpc) is 2.89. The van der Waals surface area contributed by atoms with Crippen molar-refractivity contribution in [2.24, 2.45) is 4.99 Å². The molecule has 2 unspecified atom stereocenters. The molecule has 0 radical (unpaired) electrons. The number of para-hydroxylation sites is 1. The minimum atomic E-state index is -0.654. The number of aromatic nitrogens is 1. The van der Waals surface area contributed by atoms with E-state index in [-0.39, 0.29) is 17.4 Å². The van der Waals surface area contributed by atoms with Gasteiger partial charge in [-0.1, -0.05) is 41.7 Å². The fraction of sp³-hybridized carbons (Fsp3) is 0.200. The van der Waals surface area contributed by atoms with Crippen LogP contribution in [0.15, 0.2) is 58.3 Å². The lowest BCUT2D eigenvalue weighted by molar-refractivity contribution is 0.0410. The normalized spacial score (nSPS) is 23.6. The summed E-state index contributed by atoms with van der Waals surface area (Å²) in [6.07, 6.45) is 2.44. The van der Waals surface area contributed by atoms with Gasteiger partial charge in [0, 0.05) is 12.0 Å². The van der Waals surface area contributed by atoms with Crippen LogP contribution in [0, 0.1) is 0 Å². The predicted molar refractivity (Wildman–Crippen MR) is 99.3 cm³/mol. The van der Waals surface area contributed by atoms with E-state index in [4.69, 9.17) is 9.73 Å². The van der Waals surface area contributed by atoms with Gasteiger partial charge in [0.1, 0.15) is 11.5 Å². The Hall–Kier alpha value is -2.86. The van der Waals surface area contributed by atoms with Gasteiger partial charge >= 0.3 is 0 Å². The van der Waals surface area contributed by atoms with Crippen molar-refractivity contribution < 1.29 is 9.84 Å². The zero-order valence-electron chi connectivity index (χ0n) is 14.0. The molecule has 1 aromatic heterocycles. The third kappa shape index (κ3) is 2.29. The van der Waals surface area contributed by atoms with Gasteiger partial charge < -0.3 is 9.84 Å². The highest BCUT2D eigenvalue weighted by atomic mass is 32.1. The van der Waals surface area contributed by atoms with E-state index in [1.165, 1.54) is 11.3 Å². The van der Waals surface area contributed by atoms with Gasteiger partial charge in [-0.05, 0) is 36.8 Å². The molecule has 6 heteroatoms. The number of phenolic OH excluding ortho intramolecular Hbond substituents is 1. The molecular weight excluding hydrogens is 348 g/mol. The van der Waals surface area contributed by atoms with Crippen LogP contribution in [-0.2, 0) is 0 Å². The molecule has 5 rings (SSSR count). The lowest BCUT2D eigenvalue weighted by Crippen LogP contribution is -2.49. The van der Waals surface area contributed by atoms with Crippen LogP contribution in [-0.4, -0.2) is 15.4 Å². The standard InChI is InChI=1S/C20H16N2O3S/c1-20-11-15(14-7-2-3-8-16(14)25-20)22-18(24)17(26-19(22)21-20)10-12-5-4-6-13(23)9-12/h2-10,15,23H,11H2,1H3/b17-10-. The minimum Gasteiger partial charge on any atom is -0.508 e. The Kier molecular flexibility index (Phi) is 3.15. The van der Waals surface area contributed by atoms with Gasteiger partial charge in [-0.2, -0.15) is 0 Å². The largest absolute Gasteiger partial charge is 0.508 e. The second-order valence-corrected chi connectivity index (χ2v) is 7.82. The highest BCUT2D eigenvalue weighted by Crippen LogP contribution is 2.42. The molecule has 0 amide bonds. The van der Waals surface area contributed by atoms with E-state index < -0.39 is 5.72 Å². The number of hydrogen-bond acceptors (Lipinski definition) is 5. The molecule has 2 aliphatic rings. The molecule has 3 aromatic rings. The Balaban J connectivity index is 1.76. The van der Waals surface area contributed by atoms with Gasteiger partial charge in [0.25, 0.3) is 5.56 Å². The van der Waals surface area contributed by atoms with Gasteiger partial charge in [-0.25, -0.2) is 4.99 Å². The SMILES string of the molecule is CC12CC(c3ccccc3O1)n1c(s/c(=C\c3cccc(O)c3)c1=O)=N2. The van der Waals surface area contributed by atoms with E-state index in [9.17, 15) is 9.90 Å². The molecule has 26 heavy (non-hydrogen) atoms. The number of thiazole rings is 1. The summed E-state index contributed by atoms with van der Waals surface area (Å²) >= 11 is 1.36. The molecule has 2 aliphatic heterocycles. The molecule has 3 heterocycles. The molecule has 0 aliphatic carbocycles. The number of rotatable bonds is 1. The molecule has 1 N–H and O–H groups in total. The average molecular weight is 364 g/mol. The minimum absolute atomic E-state index is 0.0548. The molecule has 130 valence electrons. The highest BCUT2D eigenvalue weighted by Gasteiger charge is 2.42. The first kappa shape index (κ1) is 15.4. The number of benzene rings is 2. The number of aromatic hydroxyl groups is 1. The Morgan fingerprint density at radius 2 is 2.15 bits per heavy atom. The van der Waals surface area contributed by atoms with Crippen molar-refractivity contribution in [1.82, 2.24) is 4.57 Å². The summed E-state index contributed by atoms with van der Waals surface area (Å²) in [6.45, 7) is 1.96. The van der Waals surface area contributed by atoms with Crippen molar-refractivity contribution in [2.45, 2.75) is 25.1 Å². The number of hydrogen-bond donors (Lipinski definition) is 1. The Morgan fingerprint density at radius 3 is 3.00 bits per heavy atom. The highest BCUT2D eigenvalue weighted by molar-refractivity contribution is 7.07. The van der Waals surface area contributed by atoms with Crippen molar-refractivity contribution in [3.63, 3.8) is 0 Å². The van der Waals surface area contributed by atoms with Gasteiger partial charge in [-0.3, -0.25) is 9.36 Å². The zero-order valence-corrected chi connectivity index (χ0v) is 14.9. The van der Waals surface area contributed by atoms with Crippen LogP contribution < -0.4 is 19.6 Å². The van der Waals surface area contributed by atoms with Gasteiger partial charge in [0.2, 0.25) is 5.72 Å². The van der Waals surface area contributed by atoms with Crippen LogP contribution in [0.1, 0.15) is 30.5 Å². The van der Waals surface area contributed by atoms with Gasteiger partial charge in [0.15, 0.2) is 4.80 Å². The first-order valence-corrected chi connectivity index (χ1v) is 9.24. The van der Waals surface area contributed by atoms with Crippen molar-refractivity contribution in [2.75, 3.05) is 0 Å². The van der Waals surface area contributed by atoms with E-state index in [0.717, 1.165) is 16.9 Å². The third-order valence-corrected chi connectivity index (χ3v) is 5.81. The van der Waals surface area contributed by atoms with E-state index in [2.05, 4.69) is 0 Å². The number of fused-ring (bicyclic) bond motifs is 6. The van der Waals surface area contributed by atoms with E-state index >= 15 is 0 Å². The van der Waals surface area contributed by atoms with Crippen LogP contribution >= 0.6 is 11.3 Å². The molecule has 0 spiro atoms. The lowest BCUT2D eigenvalue weighted by Gasteiger charge is -2.39. The van der Waals surface area contributed by atoms with Crippen molar-refractivity contribution >= 4 is 17.4 Å². The fourth-order valence-corrected chi connectivity index (χ4v) is 4.83. The molecular formula is C20H16N2O3S. The second kappa shape index (κ2) is 5.32. The molecule has 2 atom stereocenters. The Bertz CT molecular complexity index is 1210. The van der Waals surface area contributed by atoms with Crippen LogP contribution in [0.3, 0.4) is 0 Å². The maximum Gasteiger partial charge on any atom is 0.270 e. The van der Waals surface area contributed by atoms with Crippen LogP contribution in [0.25, 0.3) is 6.08 Å². The van der Waals surface area contributed by atoms with Crippen LogP contribution in [0.5, 0.6) is 11.5 Å². The number of ether oxygens (including phenoxy) is 1. The molecule has 2 bridgehead atoms. The first-order valence-electron chi connectivity index (χ1n) is 8.42. The smallest absolute Gasteiger partial charge is 0.270 e. The maximum atomic E-state index is 13.1. The quantitative estimate of drug-likeness (QED) is 0.720. The topological polar surface area (TPSA) is 63.8 Å².